The third-order valence-corrected chi connectivity index (χ3v) is 2.64. The molecule has 1 aliphatic carbocycles. The van der Waals surface area contributed by atoms with Crippen LogP contribution in [0.2, 0.25) is 0 Å². The van der Waals surface area contributed by atoms with Crippen molar-refractivity contribution in [1.29, 1.82) is 0 Å². The Morgan fingerprint density at radius 3 is 2.38 bits per heavy atom. The molecule has 1 saturated carbocycles. The lowest BCUT2D eigenvalue weighted by atomic mass is 9.74. The maximum Gasteiger partial charge on any atom is 0.407 e. The van der Waals surface area contributed by atoms with Gasteiger partial charge >= 0.3 is 12.1 Å². The van der Waals surface area contributed by atoms with Crippen molar-refractivity contribution in [2.24, 2.45) is 11.8 Å². The van der Waals surface area contributed by atoms with Gasteiger partial charge in [0.25, 0.3) is 0 Å². The topological polar surface area (TPSA) is 75.6 Å². The first-order valence-corrected chi connectivity index (χ1v) is 5.49. The van der Waals surface area contributed by atoms with Crippen molar-refractivity contribution in [2.45, 2.75) is 39.2 Å². The van der Waals surface area contributed by atoms with Gasteiger partial charge in [-0.3, -0.25) is 4.79 Å². The number of carboxylic acid groups (broad SMARTS) is 1. The van der Waals surface area contributed by atoms with Crippen LogP contribution in [0.25, 0.3) is 0 Å². The molecule has 1 rings (SSSR count). The molecule has 1 amide bonds. The Morgan fingerprint density at radius 2 is 2.00 bits per heavy atom. The minimum absolute atomic E-state index is 0.0463. The van der Waals surface area contributed by atoms with E-state index in [0.717, 1.165) is 6.42 Å². The molecule has 0 spiro atoms. The molecular weight excluding hydrogens is 210 g/mol. The maximum atomic E-state index is 11.3. The average molecular weight is 229 g/mol. The van der Waals surface area contributed by atoms with Gasteiger partial charge in [0.15, 0.2) is 0 Å². The molecule has 1 aliphatic rings. The molecule has 0 bridgehead atoms. The minimum Gasteiger partial charge on any atom is -0.481 e. The Morgan fingerprint density at radius 1 is 1.38 bits per heavy atom. The lowest BCUT2D eigenvalue weighted by molar-refractivity contribution is -0.147. The van der Waals surface area contributed by atoms with Crippen molar-refractivity contribution < 1.29 is 19.4 Å². The van der Waals surface area contributed by atoms with E-state index in [2.05, 4.69) is 5.32 Å². The Balaban J connectivity index is 2.25. The number of carbonyl (C=O) groups excluding carboxylic acids is 1. The number of aliphatic carboxylic acids is 1. The predicted molar refractivity (Wildman–Crippen MR) is 58.1 cm³/mol. The van der Waals surface area contributed by atoms with Crippen LogP contribution in [0.3, 0.4) is 0 Å². The van der Waals surface area contributed by atoms with Gasteiger partial charge < -0.3 is 15.2 Å². The highest BCUT2D eigenvalue weighted by molar-refractivity contribution is 5.72. The molecule has 2 N–H and O–H groups in total. The summed E-state index contributed by atoms with van der Waals surface area (Å²) in [6.45, 7) is 5.74. The second-order valence-corrected chi connectivity index (χ2v) is 5.16. The van der Waals surface area contributed by atoms with Gasteiger partial charge in [0, 0.05) is 6.54 Å². The van der Waals surface area contributed by atoms with Crippen LogP contribution in [0.4, 0.5) is 4.79 Å². The van der Waals surface area contributed by atoms with Crippen LogP contribution in [0, 0.1) is 11.8 Å². The van der Waals surface area contributed by atoms with E-state index in [1.165, 1.54) is 0 Å². The number of ether oxygens (including phenoxy) is 1. The number of carboxylic acids is 1. The number of rotatable bonds is 3. The van der Waals surface area contributed by atoms with E-state index >= 15 is 0 Å². The fraction of sp³-hybridized carbons (Fsp3) is 0.818. The summed E-state index contributed by atoms with van der Waals surface area (Å²) in [5.74, 6) is -1.04. The zero-order valence-electron chi connectivity index (χ0n) is 9.95. The van der Waals surface area contributed by atoms with Gasteiger partial charge in [-0.2, -0.15) is 0 Å². The summed E-state index contributed by atoms with van der Waals surface area (Å²) in [6, 6.07) is 0. The number of alkyl carbamates (subject to hydrolysis) is 1. The molecule has 5 nitrogen and oxygen atoms in total. The van der Waals surface area contributed by atoms with Gasteiger partial charge in [-0.15, -0.1) is 0 Å². The monoisotopic (exact) mass is 229 g/mol. The van der Waals surface area contributed by atoms with Crippen molar-refractivity contribution in [1.82, 2.24) is 5.32 Å². The van der Waals surface area contributed by atoms with Crippen LogP contribution in [0.5, 0.6) is 0 Å². The third-order valence-electron chi connectivity index (χ3n) is 2.64. The van der Waals surface area contributed by atoms with Gasteiger partial charge in [0.2, 0.25) is 0 Å². The van der Waals surface area contributed by atoms with Crippen molar-refractivity contribution in [3.8, 4) is 0 Å². The molecule has 0 heterocycles. The van der Waals surface area contributed by atoms with Crippen molar-refractivity contribution in [3.63, 3.8) is 0 Å². The molecule has 0 radical (unpaired) electrons. The zero-order chi connectivity index (χ0) is 12.3. The summed E-state index contributed by atoms with van der Waals surface area (Å²) >= 11 is 0. The summed E-state index contributed by atoms with van der Waals surface area (Å²) in [6.07, 6.45) is 1.08. The molecule has 16 heavy (non-hydrogen) atoms. The number of nitrogens with one attached hydrogen (secondary N) is 1. The van der Waals surface area contributed by atoms with Gasteiger partial charge in [-0.05, 0) is 39.5 Å². The Bertz CT molecular complexity index is 282. The van der Waals surface area contributed by atoms with Crippen LogP contribution < -0.4 is 5.32 Å². The smallest absolute Gasteiger partial charge is 0.407 e. The zero-order valence-corrected chi connectivity index (χ0v) is 9.95. The highest BCUT2D eigenvalue weighted by Crippen LogP contribution is 2.33. The largest absolute Gasteiger partial charge is 0.481 e. The molecule has 0 aromatic heterocycles. The van der Waals surface area contributed by atoms with Crippen molar-refractivity contribution >= 4 is 12.1 Å². The molecule has 0 saturated heterocycles. The Kier molecular flexibility index (Phi) is 3.78. The van der Waals surface area contributed by atoms with E-state index in [0.29, 0.717) is 13.0 Å². The van der Waals surface area contributed by atoms with Gasteiger partial charge in [-0.25, -0.2) is 4.79 Å². The molecule has 0 aromatic rings. The van der Waals surface area contributed by atoms with E-state index < -0.39 is 17.7 Å². The van der Waals surface area contributed by atoms with Gasteiger partial charge in [0.1, 0.15) is 5.60 Å². The summed E-state index contributed by atoms with van der Waals surface area (Å²) in [7, 11) is 0. The van der Waals surface area contributed by atoms with Crippen LogP contribution in [0.15, 0.2) is 0 Å². The number of carbonyl (C=O) groups is 2. The molecular formula is C11H19NO4. The number of hydrogen-bond donors (Lipinski definition) is 2. The lowest BCUT2D eigenvalue weighted by Crippen LogP contribution is -2.42. The molecule has 0 aromatic carbocycles. The summed E-state index contributed by atoms with van der Waals surface area (Å²) in [4.78, 5) is 22.0. The standard InChI is InChI=1S/C11H19NO4/c1-11(2,3)16-10(15)12-6-7-4-5-8(7)9(13)14/h7-8H,4-6H2,1-3H3,(H,12,15)(H,13,14)/t7-,8+/m0/s1. The first kappa shape index (κ1) is 12.8. The fourth-order valence-corrected chi connectivity index (χ4v) is 1.67. The van der Waals surface area contributed by atoms with Gasteiger partial charge in [-0.1, -0.05) is 0 Å². The Labute approximate surface area is 95.2 Å². The lowest BCUT2D eigenvalue weighted by Gasteiger charge is -2.33. The SMILES string of the molecule is CC(C)(C)OC(=O)NC[C@@H]1CC[C@H]1C(=O)O. The minimum atomic E-state index is -0.776. The van der Waals surface area contributed by atoms with Crippen molar-refractivity contribution in [2.75, 3.05) is 6.54 Å². The molecule has 5 heteroatoms. The summed E-state index contributed by atoms with van der Waals surface area (Å²) in [5.41, 5.74) is -0.518. The molecule has 0 aliphatic heterocycles. The number of amides is 1. The molecule has 0 unspecified atom stereocenters. The van der Waals surface area contributed by atoms with E-state index in [9.17, 15) is 9.59 Å². The predicted octanol–water partition coefficient (Wildman–Crippen LogP) is 1.62. The molecule has 92 valence electrons. The maximum absolute atomic E-state index is 11.3. The normalized spacial score (nSPS) is 24.4. The first-order chi connectivity index (χ1) is 7.29. The van der Waals surface area contributed by atoms with E-state index in [1.807, 2.05) is 0 Å². The van der Waals surface area contributed by atoms with Crippen molar-refractivity contribution in [3.05, 3.63) is 0 Å². The second-order valence-electron chi connectivity index (χ2n) is 5.16. The second kappa shape index (κ2) is 4.72. The average Bonchev–Trinajstić information content (AvgIpc) is 1.96. The van der Waals surface area contributed by atoms with Crippen LogP contribution >= 0.6 is 0 Å². The van der Waals surface area contributed by atoms with Crippen LogP contribution in [-0.2, 0) is 9.53 Å². The quantitative estimate of drug-likeness (QED) is 0.771. The van der Waals surface area contributed by atoms with E-state index in [1.54, 1.807) is 20.8 Å². The molecule has 2 atom stereocenters. The number of hydrogen-bond acceptors (Lipinski definition) is 3. The summed E-state index contributed by atoms with van der Waals surface area (Å²) < 4.78 is 5.05. The summed E-state index contributed by atoms with van der Waals surface area (Å²) in [5, 5.41) is 11.4. The molecule has 1 fully saturated rings. The van der Waals surface area contributed by atoms with E-state index in [-0.39, 0.29) is 11.8 Å². The van der Waals surface area contributed by atoms with Gasteiger partial charge in [0.05, 0.1) is 5.92 Å². The van der Waals surface area contributed by atoms with Crippen LogP contribution in [0.1, 0.15) is 33.6 Å². The first-order valence-electron chi connectivity index (χ1n) is 5.49. The van der Waals surface area contributed by atoms with E-state index in [4.69, 9.17) is 9.84 Å². The third kappa shape index (κ3) is 3.72. The fourth-order valence-electron chi connectivity index (χ4n) is 1.67. The van der Waals surface area contributed by atoms with Crippen LogP contribution in [-0.4, -0.2) is 29.3 Å². The highest BCUT2D eigenvalue weighted by Gasteiger charge is 2.36. The Hall–Kier alpha value is -1.26. The highest BCUT2D eigenvalue weighted by atomic mass is 16.6.